The SMILES string of the molecule is CC(=O)C1(O[Si](C(C)C)(C(C)C)C(C)C)C(O[Si](C(C)C)(C(C)C)C(C)C)CN(C(=O)CCC=S)CC1O[Si](C(C)C)(C(C)C)C(C)C. The quantitative estimate of drug-likeness (QED) is 0.0969. The number of nitrogens with zero attached hydrogens (tertiary/aromatic N) is 1. The lowest BCUT2D eigenvalue weighted by Gasteiger charge is -2.60. The van der Waals surface area contributed by atoms with E-state index < -0.39 is 42.8 Å². The fourth-order valence-electron chi connectivity index (χ4n) is 10.4. The van der Waals surface area contributed by atoms with Crippen LogP contribution in [0.15, 0.2) is 0 Å². The zero-order valence-electron chi connectivity index (χ0n) is 34.7. The fraction of sp³-hybridized carbons (Fsp3) is 0.921. The molecule has 0 aromatic carbocycles. The Morgan fingerprint density at radius 1 is 0.625 bits per heavy atom. The van der Waals surface area contributed by atoms with E-state index in [0.29, 0.717) is 59.2 Å². The molecule has 0 spiro atoms. The minimum atomic E-state index is -2.69. The van der Waals surface area contributed by atoms with Gasteiger partial charge in [0.1, 0.15) is 12.2 Å². The van der Waals surface area contributed by atoms with Gasteiger partial charge in [-0.25, -0.2) is 0 Å². The lowest BCUT2D eigenvalue weighted by molar-refractivity contribution is -0.183. The highest BCUT2D eigenvalue weighted by Gasteiger charge is 2.65. The Hall–Kier alpha value is -0.239. The fourth-order valence-corrected chi connectivity index (χ4v) is 27.3. The Morgan fingerprint density at radius 2 is 0.917 bits per heavy atom. The molecule has 1 aliphatic rings. The monoisotopic (exact) mass is 743 g/mol. The van der Waals surface area contributed by atoms with Gasteiger partial charge < -0.3 is 18.2 Å². The smallest absolute Gasteiger partial charge is 0.223 e. The molecular formula is C38H77NO5SSi3. The highest BCUT2D eigenvalue weighted by Crippen LogP contribution is 2.53. The number of thiocarbonyl (C=S) groups is 1. The first kappa shape index (κ1) is 45.8. The topological polar surface area (TPSA) is 65.1 Å². The normalized spacial score (nSPS) is 21.8. The summed E-state index contributed by atoms with van der Waals surface area (Å²) in [4.78, 5) is 30.9. The molecule has 282 valence electrons. The van der Waals surface area contributed by atoms with Gasteiger partial charge in [-0.05, 0) is 68.6 Å². The predicted octanol–water partition coefficient (Wildman–Crippen LogP) is 11.2. The minimum absolute atomic E-state index is 0.0272. The van der Waals surface area contributed by atoms with Crippen LogP contribution < -0.4 is 0 Å². The van der Waals surface area contributed by atoms with Gasteiger partial charge in [-0.3, -0.25) is 9.59 Å². The summed E-state index contributed by atoms with van der Waals surface area (Å²) in [6.07, 6.45) is -0.427. The van der Waals surface area contributed by atoms with E-state index in [2.05, 4.69) is 125 Å². The van der Waals surface area contributed by atoms with Gasteiger partial charge in [0, 0.05) is 19.5 Å². The van der Waals surface area contributed by atoms with Crippen molar-refractivity contribution in [2.45, 2.75) is 212 Å². The number of piperidine rings is 1. The van der Waals surface area contributed by atoms with Gasteiger partial charge in [-0.1, -0.05) is 137 Å². The summed E-state index contributed by atoms with van der Waals surface area (Å²) in [6.45, 7) is 43.4. The van der Waals surface area contributed by atoms with Crippen molar-refractivity contribution in [3.05, 3.63) is 0 Å². The van der Waals surface area contributed by atoms with Crippen LogP contribution in [0.4, 0.5) is 0 Å². The zero-order chi connectivity index (χ0) is 37.7. The highest BCUT2D eigenvalue weighted by atomic mass is 32.1. The number of likely N-dealkylation sites (tertiary alicyclic amines) is 1. The van der Waals surface area contributed by atoms with E-state index in [1.54, 1.807) is 12.3 Å². The summed E-state index contributed by atoms with van der Waals surface area (Å²) in [5.41, 5.74) is 1.16. The number of hydrogen-bond donors (Lipinski definition) is 0. The number of carbonyl (C=O) groups excluding carboxylic acids is 2. The van der Waals surface area contributed by atoms with E-state index in [4.69, 9.17) is 25.5 Å². The van der Waals surface area contributed by atoms with E-state index in [-0.39, 0.29) is 28.3 Å². The third kappa shape index (κ3) is 8.52. The van der Waals surface area contributed by atoms with Crippen LogP contribution in [-0.4, -0.2) is 77.8 Å². The molecule has 2 unspecified atom stereocenters. The van der Waals surface area contributed by atoms with Crippen LogP contribution in [0.2, 0.25) is 49.9 Å². The standard InChI is InChI=1S/C38H77NO5SSi3/c1-25(2)46(26(3)4,27(5)6)42-35-23-39(37(41)21-20-22-45)24-36(43-47(28(7)8,29(9)10)30(11)12)38(35,34(19)40)44-48(31(13)14,32(15)16)33(17)18/h22,25-33,35-36H,20-21,23-24H2,1-19H3. The molecule has 48 heavy (non-hydrogen) atoms. The van der Waals surface area contributed by atoms with Gasteiger partial charge in [0.2, 0.25) is 30.9 Å². The zero-order valence-corrected chi connectivity index (χ0v) is 38.5. The Morgan fingerprint density at radius 3 is 1.15 bits per heavy atom. The minimum Gasteiger partial charge on any atom is -0.408 e. The van der Waals surface area contributed by atoms with Gasteiger partial charge in [-0.2, -0.15) is 0 Å². The Bertz CT molecular complexity index is 950. The van der Waals surface area contributed by atoms with Crippen LogP contribution >= 0.6 is 12.2 Å². The van der Waals surface area contributed by atoms with Gasteiger partial charge in [0.15, 0.2) is 11.4 Å². The molecule has 10 heteroatoms. The molecule has 0 saturated carbocycles. The third-order valence-electron chi connectivity index (χ3n) is 12.3. The summed E-state index contributed by atoms with van der Waals surface area (Å²) in [6, 6.07) is 0. The molecule has 0 radical (unpaired) electrons. The summed E-state index contributed by atoms with van der Waals surface area (Å²) < 4.78 is 23.5. The number of amides is 1. The number of rotatable bonds is 19. The van der Waals surface area contributed by atoms with Gasteiger partial charge in [0.25, 0.3) is 0 Å². The number of Topliss-reactive ketones (excluding diaryl/α,β-unsaturated/α-hetero) is 1. The molecule has 0 aromatic heterocycles. The maximum Gasteiger partial charge on any atom is 0.223 e. The van der Waals surface area contributed by atoms with E-state index in [0.717, 1.165) is 0 Å². The van der Waals surface area contributed by atoms with Crippen LogP contribution in [-0.2, 0) is 22.9 Å². The molecule has 0 N–H and O–H groups in total. The van der Waals surface area contributed by atoms with E-state index in [1.165, 1.54) is 0 Å². The molecule has 1 fully saturated rings. The Balaban J connectivity index is 4.49. The first-order valence-corrected chi connectivity index (χ1v) is 26.1. The summed E-state index contributed by atoms with van der Waals surface area (Å²) >= 11 is 5.14. The van der Waals surface area contributed by atoms with E-state index in [9.17, 15) is 9.59 Å². The van der Waals surface area contributed by atoms with Crippen molar-refractivity contribution in [1.29, 1.82) is 0 Å². The second-order valence-corrected chi connectivity index (χ2v) is 34.1. The van der Waals surface area contributed by atoms with Crippen molar-refractivity contribution >= 4 is 54.2 Å². The first-order valence-electron chi connectivity index (χ1n) is 19.2. The van der Waals surface area contributed by atoms with Gasteiger partial charge in [-0.15, -0.1) is 0 Å². The number of carbonyl (C=O) groups is 2. The molecule has 0 aliphatic carbocycles. The van der Waals surface area contributed by atoms with Crippen LogP contribution in [0.25, 0.3) is 0 Å². The van der Waals surface area contributed by atoms with Crippen LogP contribution in [0.3, 0.4) is 0 Å². The Kier molecular flexibility index (Phi) is 17.2. The van der Waals surface area contributed by atoms with Crippen molar-refractivity contribution in [2.75, 3.05) is 13.1 Å². The van der Waals surface area contributed by atoms with E-state index in [1.807, 2.05) is 4.90 Å². The third-order valence-corrected chi connectivity index (χ3v) is 30.8. The number of hydrogen-bond acceptors (Lipinski definition) is 6. The average Bonchev–Trinajstić information content (AvgIpc) is 2.94. The molecule has 0 bridgehead atoms. The largest absolute Gasteiger partial charge is 0.408 e. The van der Waals surface area contributed by atoms with Gasteiger partial charge >= 0.3 is 0 Å². The molecule has 2 atom stereocenters. The second kappa shape index (κ2) is 18.0. The molecule has 1 aliphatic heterocycles. The lowest BCUT2D eigenvalue weighted by Crippen LogP contribution is -2.77. The Labute approximate surface area is 306 Å². The first-order chi connectivity index (χ1) is 21.9. The second-order valence-electron chi connectivity index (χ2n) is 17.6. The number of ketones is 1. The highest BCUT2D eigenvalue weighted by molar-refractivity contribution is 7.78. The predicted molar refractivity (Wildman–Crippen MR) is 217 cm³/mol. The van der Waals surface area contributed by atoms with Crippen LogP contribution in [0.1, 0.15) is 144 Å². The molecule has 1 saturated heterocycles. The summed E-state index contributed by atoms with van der Waals surface area (Å²) in [5, 5.41) is 1.64. The van der Waals surface area contributed by atoms with Crippen molar-refractivity contribution in [1.82, 2.24) is 4.90 Å². The van der Waals surface area contributed by atoms with E-state index >= 15 is 0 Å². The maximum atomic E-state index is 15.0. The summed E-state index contributed by atoms with van der Waals surface area (Å²) in [5.74, 6) is 0.00741. The van der Waals surface area contributed by atoms with Crippen LogP contribution in [0, 0.1) is 0 Å². The molecule has 6 nitrogen and oxygen atoms in total. The molecular weight excluding hydrogens is 667 g/mol. The van der Waals surface area contributed by atoms with Crippen molar-refractivity contribution in [3.63, 3.8) is 0 Å². The molecule has 1 heterocycles. The molecule has 1 rings (SSSR count). The van der Waals surface area contributed by atoms with Crippen LogP contribution in [0.5, 0.6) is 0 Å². The van der Waals surface area contributed by atoms with Crippen molar-refractivity contribution < 1.29 is 22.9 Å². The van der Waals surface area contributed by atoms with Gasteiger partial charge in [0.05, 0.1) is 0 Å². The maximum absolute atomic E-state index is 15.0. The summed E-state index contributed by atoms with van der Waals surface area (Å²) in [7, 11) is -7.83. The van der Waals surface area contributed by atoms with Crippen molar-refractivity contribution in [2.24, 2.45) is 0 Å². The lowest BCUT2D eigenvalue weighted by atomic mass is 9.82. The van der Waals surface area contributed by atoms with Crippen molar-refractivity contribution in [3.8, 4) is 0 Å². The average molecular weight is 744 g/mol. The molecule has 1 amide bonds. The molecule has 0 aromatic rings.